The molecule has 4 heteroatoms. The van der Waals surface area contributed by atoms with Crippen molar-refractivity contribution in [3.8, 4) is 0 Å². The molecule has 0 aromatic rings. The van der Waals surface area contributed by atoms with Crippen molar-refractivity contribution in [3.05, 3.63) is 11.6 Å². The highest BCUT2D eigenvalue weighted by Crippen LogP contribution is 2.75. The van der Waals surface area contributed by atoms with Crippen LogP contribution in [0.3, 0.4) is 0 Å². The number of aliphatic hydroxyl groups is 3. The van der Waals surface area contributed by atoms with Crippen LogP contribution >= 0.6 is 0 Å². The Morgan fingerprint density at radius 3 is 2.21 bits per heavy atom. The van der Waals surface area contributed by atoms with E-state index in [1.807, 2.05) is 0 Å². The summed E-state index contributed by atoms with van der Waals surface area (Å²) in [4.78, 5) is 12.9. The van der Waals surface area contributed by atoms with Gasteiger partial charge in [0, 0.05) is 11.8 Å². The first-order valence-electron chi connectivity index (χ1n) is 13.8. The van der Waals surface area contributed by atoms with E-state index in [0.29, 0.717) is 36.9 Å². The number of carbonyl (C=O) groups excluding carboxylic acids is 1. The van der Waals surface area contributed by atoms with Crippen LogP contribution in [-0.4, -0.2) is 39.9 Å². The van der Waals surface area contributed by atoms with Crippen LogP contribution in [0.25, 0.3) is 0 Å². The molecule has 5 aliphatic carbocycles. The Labute approximate surface area is 206 Å². The molecular formula is C30H48O4. The van der Waals surface area contributed by atoms with E-state index in [9.17, 15) is 20.1 Å². The van der Waals surface area contributed by atoms with Gasteiger partial charge in [-0.15, -0.1) is 0 Å². The van der Waals surface area contributed by atoms with Crippen LogP contribution in [0.2, 0.25) is 0 Å². The maximum atomic E-state index is 12.9. The topological polar surface area (TPSA) is 77.8 Å². The van der Waals surface area contributed by atoms with Gasteiger partial charge in [0.2, 0.25) is 0 Å². The Morgan fingerprint density at radius 1 is 0.912 bits per heavy atom. The second-order valence-electron chi connectivity index (χ2n) is 15.1. The first kappa shape index (κ1) is 25.0. The van der Waals surface area contributed by atoms with Crippen molar-refractivity contribution in [1.82, 2.24) is 0 Å². The second kappa shape index (κ2) is 7.19. The quantitative estimate of drug-likeness (QED) is 0.453. The highest BCUT2D eigenvalue weighted by molar-refractivity contribution is 5.85. The molecule has 0 aromatic carbocycles. The van der Waals surface area contributed by atoms with Gasteiger partial charge in [-0.05, 0) is 84.4 Å². The zero-order chi connectivity index (χ0) is 25.1. The molecule has 0 bridgehead atoms. The Morgan fingerprint density at radius 2 is 1.56 bits per heavy atom. The molecule has 5 aliphatic rings. The Bertz CT molecular complexity index is 919. The van der Waals surface area contributed by atoms with Crippen LogP contribution in [0, 0.1) is 50.2 Å². The van der Waals surface area contributed by atoms with Crippen molar-refractivity contribution in [1.29, 1.82) is 0 Å². The fourth-order valence-electron chi connectivity index (χ4n) is 10.7. The highest BCUT2D eigenvalue weighted by atomic mass is 16.3. The average molecular weight is 473 g/mol. The maximum absolute atomic E-state index is 12.9. The lowest BCUT2D eigenvalue weighted by Gasteiger charge is -2.71. The minimum absolute atomic E-state index is 0.00215. The zero-order valence-electron chi connectivity index (χ0n) is 22.6. The molecule has 4 fully saturated rings. The molecular weight excluding hydrogens is 424 g/mol. The van der Waals surface area contributed by atoms with E-state index in [-0.39, 0.29) is 39.6 Å². The molecule has 0 radical (unpaired) electrons. The van der Waals surface area contributed by atoms with Crippen molar-refractivity contribution in [2.75, 3.05) is 6.61 Å². The Hall–Kier alpha value is -0.710. The molecule has 0 spiro atoms. The summed E-state index contributed by atoms with van der Waals surface area (Å²) in [6, 6.07) is 0. The summed E-state index contributed by atoms with van der Waals surface area (Å²) < 4.78 is 0. The fraction of sp³-hybridized carbons (Fsp3) is 0.900. The van der Waals surface area contributed by atoms with E-state index in [4.69, 9.17) is 0 Å². The van der Waals surface area contributed by atoms with Gasteiger partial charge >= 0.3 is 0 Å². The lowest BCUT2D eigenvalue weighted by atomic mass is 9.33. The largest absolute Gasteiger partial charge is 0.396 e. The molecule has 0 saturated heterocycles. The molecule has 0 aromatic heterocycles. The molecule has 4 nitrogen and oxygen atoms in total. The first-order chi connectivity index (χ1) is 15.6. The minimum Gasteiger partial charge on any atom is -0.396 e. The van der Waals surface area contributed by atoms with Gasteiger partial charge in [0.05, 0.1) is 24.2 Å². The van der Waals surface area contributed by atoms with E-state index in [0.717, 1.165) is 32.1 Å². The number of carbonyl (C=O) groups is 1. The van der Waals surface area contributed by atoms with Gasteiger partial charge in [0.15, 0.2) is 0 Å². The molecule has 34 heavy (non-hydrogen) atoms. The number of ketones is 1. The van der Waals surface area contributed by atoms with Crippen LogP contribution in [0.15, 0.2) is 11.6 Å². The number of Topliss-reactive ketones (excluding diaryl/α,β-unsaturated/α-hetero) is 1. The Balaban J connectivity index is 1.63. The summed E-state index contributed by atoms with van der Waals surface area (Å²) >= 11 is 0. The lowest BCUT2D eigenvalue weighted by molar-refractivity contribution is -0.227. The van der Waals surface area contributed by atoms with Crippen LogP contribution < -0.4 is 0 Å². The number of hydrogen-bond acceptors (Lipinski definition) is 4. The van der Waals surface area contributed by atoms with E-state index < -0.39 is 17.6 Å². The number of rotatable bonds is 1. The molecule has 0 amide bonds. The molecule has 9 atom stereocenters. The van der Waals surface area contributed by atoms with E-state index in [1.54, 1.807) is 0 Å². The zero-order valence-corrected chi connectivity index (χ0v) is 22.6. The normalized spacial score (nSPS) is 53.6. The summed E-state index contributed by atoms with van der Waals surface area (Å²) in [5.74, 6) is 1.29. The van der Waals surface area contributed by atoms with Crippen LogP contribution in [0.1, 0.15) is 99.8 Å². The smallest absolute Gasteiger partial charge is 0.138 e. The summed E-state index contributed by atoms with van der Waals surface area (Å²) in [5.41, 5.74) is 0.192. The van der Waals surface area contributed by atoms with Gasteiger partial charge in [-0.2, -0.15) is 0 Å². The summed E-state index contributed by atoms with van der Waals surface area (Å²) in [7, 11) is 0. The number of allylic oxidation sites excluding steroid dienone is 2. The third-order valence-corrected chi connectivity index (χ3v) is 12.9. The van der Waals surface area contributed by atoms with Crippen molar-refractivity contribution < 1.29 is 20.1 Å². The molecule has 0 aliphatic heterocycles. The molecule has 192 valence electrons. The average Bonchev–Trinajstić information content (AvgIpc) is 2.71. The third-order valence-electron chi connectivity index (χ3n) is 12.9. The van der Waals surface area contributed by atoms with Gasteiger partial charge < -0.3 is 15.3 Å². The predicted octanol–water partition coefficient (Wildman–Crippen LogP) is 5.29. The second-order valence-corrected chi connectivity index (χ2v) is 15.1. The summed E-state index contributed by atoms with van der Waals surface area (Å²) in [6.45, 7) is 15.9. The van der Waals surface area contributed by atoms with Gasteiger partial charge in [0.25, 0.3) is 0 Å². The summed E-state index contributed by atoms with van der Waals surface area (Å²) in [5, 5.41) is 33.7. The van der Waals surface area contributed by atoms with Crippen LogP contribution in [-0.2, 0) is 4.79 Å². The van der Waals surface area contributed by atoms with Crippen molar-refractivity contribution in [3.63, 3.8) is 0 Å². The molecule has 4 saturated carbocycles. The summed E-state index contributed by atoms with van der Waals surface area (Å²) in [6.07, 6.45) is 7.95. The fourth-order valence-corrected chi connectivity index (χ4v) is 10.7. The van der Waals surface area contributed by atoms with Gasteiger partial charge in [0.1, 0.15) is 5.78 Å². The van der Waals surface area contributed by atoms with Gasteiger partial charge in [-0.25, -0.2) is 0 Å². The first-order valence-corrected chi connectivity index (χ1v) is 13.8. The maximum Gasteiger partial charge on any atom is 0.138 e. The molecule has 0 heterocycles. The standard InChI is InChI=1S/C30H48O4/c1-25(2)14-19-18-8-9-21-27(5)12-11-22(32)26(3,4)20(27)10-13-28(21,6)29(18,7)16-24(34)30(19,17-31)23(33)15-25/h8,19-21,23-24,31,33-34H,9-17H2,1-7H3/t19-,20-,21+,23-,24+,27-,28+,29+,30+/m0/s1. The number of aliphatic hydroxyl groups excluding tert-OH is 3. The monoisotopic (exact) mass is 472 g/mol. The molecule has 3 N–H and O–H groups in total. The predicted molar refractivity (Wildman–Crippen MR) is 134 cm³/mol. The van der Waals surface area contributed by atoms with E-state index in [2.05, 4.69) is 54.5 Å². The molecule has 0 unspecified atom stereocenters. The van der Waals surface area contributed by atoms with Crippen molar-refractivity contribution in [2.45, 2.75) is 112 Å². The third kappa shape index (κ3) is 2.80. The van der Waals surface area contributed by atoms with E-state index in [1.165, 1.54) is 5.57 Å². The van der Waals surface area contributed by atoms with Crippen LogP contribution in [0.4, 0.5) is 0 Å². The highest BCUT2D eigenvalue weighted by Gasteiger charge is 2.71. The number of fused-ring (bicyclic) bond motifs is 7. The Kier molecular flexibility index (Phi) is 5.28. The van der Waals surface area contributed by atoms with Gasteiger partial charge in [-0.1, -0.05) is 60.1 Å². The lowest BCUT2D eigenvalue weighted by Crippen LogP contribution is -2.69. The van der Waals surface area contributed by atoms with Crippen LogP contribution in [0.5, 0.6) is 0 Å². The SMILES string of the molecule is CC1(C)C[C@H](O)[C@]2(CO)[C@H](O)C[C@]3(C)C(=CC[C@@H]4[C@@]5(C)CCC(=O)C(C)(C)[C@@H]5CC[C@]43C)[C@@H]2C1. The van der Waals surface area contributed by atoms with Gasteiger partial charge in [-0.3, -0.25) is 4.79 Å². The number of hydrogen-bond donors (Lipinski definition) is 3. The van der Waals surface area contributed by atoms with E-state index >= 15 is 0 Å². The minimum atomic E-state index is -0.857. The van der Waals surface area contributed by atoms with Crippen molar-refractivity contribution in [2.24, 2.45) is 50.2 Å². The molecule has 5 rings (SSSR count). The van der Waals surface area contributed by atoms with Crippen molar-refractivity contribution >= 4 is 5.78 Å².